The summed E-state index contributed by atoms with van der Waals surface area (Å²) in [5.41, 5.74) is 0.936. The largest absolute Gasteiger partial charge is 0.465 e. The summed E-state index contributed by atoms with van der Waals surface area (Å²) in [6.07, 6.45) is 0. The van der Waals surface area contributed by atoms with Crippen LogP contribution < -0.4 is 0 Å². The average molecular weight is 315 g/mol. The lowest BCUT2D eigenvalue weighted by Crippen LogP contribution is -2.23. The van der Waals surface area contributed by atoms with E-state index in [4.69, 9.17) is 4.74 Å². The average Bonchev–Trinajstić information content (AvgIpc) is 2.27. The number of ether oxygens (including phenoxy) is 1. The summed E-state index contributed by atoms with van der Waals surface area (Å²) in [4.78, 5) is 11.4. The van der Waals surface area contributed by atoms with Crippen molar-refractivity contribution in [1.82, 2.24) is 0 Å². The zero-order valence-electron chi connectivity index (χ0n) is 10.6. The van der Waals surface area contributed by atoms with E-state index in [0.717, 1.165) is 11.6 Å². The molecule has 2 nitrogen and oxygen atoms in total. The second-order valence-corrected chi connectivity index (χ2v) is 11.8. The summed E-state index contributed by atoms with van der Waals surface area (Å²) in [6, 6.07) is 10.6. The first-order valence-electron chi connectivity index (χ1n) is 5.76. The maximum atomic E-state index is 11.8. The maximum absolute atomic E-state index is 11.8. The molecule has 17 heavy (non-hydrogen) atoms. The molecule has 0 amide bonds. The highest BCUT2D eigenvalue weighted by atomic mass is 79.9. The predicted molar refractivity (Wildman–Crippen MR) is 77.2 cm³/mol. The van der Waals surface area contributed by atoms with Crippen LogP contribution in [0.25, 0.3) is 0 Å². The second kappa shape index (κ2) is 6.35. The van der Waals surface area contributed by atoms with Crippen molar-refractivity contribution in [1.29, 1.82) is 0 Å². The Balaban J connectivity index is 2.43. The Bertz CT molecular complexity index is 359. The minimum Gasteiger partial charge on any atom is -0.465 e. The first-order chi connectivity index (χ1) is 7.90. The lowest BCUT2D eigenvalue weighted by atomic mass is 10.1. The summed E-state index contributed by atoms with van der Waals surface area (Å²) in [7, 11) is -1.13. The molecule has 94 valence electrons. The van der Waals surface area contributed by atoms with Crippen LogP contribution in [0.4, 0.5) is 0 Å². The van der Waals surface area contributed by atoms with E-state index < -0.39 is 8.07 Å². The summed E-state index contributed by atoms with van der Waals surface area (Å²) < 4.78 is 5.28. The summed E-state index contributed by atoms with van der Waals surface area (Å²) in [5, 5.41) is 0. The number of halogens is 1. The molecule has 0 fully saturated rings. The van der Waals surface area contributed by atoms with Crippen molar-refractivity contribution in [3.05, 3.63) is 35.9 Å². The SMILES string of the molecule is C[Si](C)(C)CCOC(=O)C(Br)c1ccccc1. The first kappa shape index (κ1) is 14.4. The van der Waals surface area contributed by atoms with Gasteiger partial charge in [-0.2, -0.15) is 0 Å². The van der Waals surface area contributed by atoms with Gasteiger partial charge in [-0.1, -0.05) is 65.9 Å². The molecule has 0 aromatic heterocycles. The van der Waals surface area contributed by atoms with E-state index in [1.54, 1.807) is 0 Å². The van der Waals surface area contributed by atoms with Gasteiger partial charge >= 0.3 is 5.97 Å². The van der Waals surface area contributed by atoms with Gasteiger partial charge in [0.1, 0.15) is 4.83 Å². The molecule has 4 heteroatoms. The number of alkyl halides is 1. The summed E-state index contributed by atoms with van der Waals surface area (Å²) in [5.74, 6) is -0.200. The lowest BCUT2D eigenvalue weighted by Gasteiger charge is -2.16. The molecule has 0 radical (unpaired) electrons. The van der Waals surface area contributed by atoms with Gasteiger partial charge in [0.2, 0.25) is 0 Å². The van der Waals surface area contributed by atoms with Crippen molar-refractivity contribution in [2.75, 3.05) is 6.61 Å². The first-order valence-corrected chi connectivity index (χ1v) is 10.4. The molecule has 1 atom stereocenters. The normalized spacial score (nSPS) is 13.2. The topological polar surface area (TPSA) is 26.3 Å². The van der Waals surface area contributed by atoms with Crippen LogP contribution in [0.15, 0.2) is 30.3 Å². The Kier molecular flexibility index (Phi) is 5.40. The van der Waals surface area contributed by atoms with Crippen molar-refractivity contribution in [2.24, 2.45) is 0 Å². The molecule has 1 aromatic rings. The highest BCUT2D eigenvalue weighted by Gasteiger charge is 2.20. The number of carbonyl (C=O) groups excluding carboxylic acids is 1. The lowest BCUT2D eigenvalue weighted by molar-refractivity contribution is -0.142. The van der Waals surface area contributed by atoms with Crippen LogP contribution in [0.5, 0.6) is 0 Å². The minimum atomic E-state index is -1.13. The van der Waals surface area contributed by atoms with E-state index in [2.05, 4.69) is 35.6 Å². The van der Waals surface area contributed by atoms with E-state index in [1.807, 2.05) is 30.3 Å². The summed E-state index contributed by atoms with van der Waals surface area (Å²) >= 11 is 3.37. The molecule has 0 N–H and O–H groups in total. The van der Waals surface area contributed by atoms with Crippen LogP contribution in [-0.2, 0) is 9.53 Å². The smallest absolute Gasteiger partial charge is 0.324 e. The molecule has 0 spiro atoms. The molecule has 0 bridgehead atoms. The second-order valence-electron chi connectivity index (χ2n) is 5.25. The number of esters is 1. The highest BCUT2D eigenvalue weighted by Crippen LogP contribution is 2.24. The molecule has 0 aliphatic heterocycles. The molecule has 0 saturated heterocycles. The third kappa shape index (κ3) is 5.50. The fourth-order valence-corrected chi connectivity index (χ4v) is 2.44. The van der Waals surface area contributed by atoms with Gasteiger partial charge in [0.15, 0.2) is 0 Å². The predicted octanol–water partition coefficient (Wildman–Crippen LogP) is 4.00. The Labute approximate surface area is 113 Å². The number of rotatable bonds is 5. The van der Waals surface area contributed by atoms with Crippen molar-refractivity contribution in [3.63, 3.8) is 0 Å². The highest BCUT2D eigenvalue weighted by molar-refractivity contribution is 9.09. The van der Waals surface area contributed by atoms with Gasteiger partial charge in [-0.15, -0.1) is 0 Å². The quantitative estimate of drug-likeness (QED) is 0.466. The van der Waals surface area contributed by atoms with Crippen molar-refractivity contribution in [3.8, 4) is 0 Å². The Morgan fingerprint density at radius 2 is 1.88 bits per heavy atom. The fourth-order valence-electron chi connectivity index (χ4n) is 1.29. The standard InChI is InChI=1S/C13H19BrO2Si/c1-17(2,3)10-9-16-13(15)12(14)11-7-5-4-6-8-11/h4-8,12H,9-10H2,1-3H3. The van der Waals surface area contributed by atoms with Gasteiger partial charge < -0.3 is 4.74 Å². The van der Waals surface area contributed by atoms with Crippen molar-refractivity contribution >= 4 is 30.0 Å². The third-order valence-corrected chi connectivity index (χ3v) is 5.00. The molecule has 0 aliphatic rings. The van der Waals surface area contributed by atoms with Crippen molar-refractivity contribution in [2.45, 2.75) is 30.5 Å². The van der Waals surface area contributed by atoms with Gasteiger partial charge in [0, 0.05) is 8.07 Å². The molecular weight excluding hydrogens is 296 g/mol. The zero-order valence-corrected chi connectivity index (χ0v) is 13.2. The number of hydrogen-bond acceptors (Lipinski definition) is 2. The van der Waals surface area contributed by atoms with Gasteiger partial charge in [-0.3, -0.25) is 4.79 Å². The molecule has 1 aromatic carbocycles. The van der Waals surface area contributed by atoms with E-state index in [0.29, 0.717) is 6.61 Å². The van der Waals surface area contributed by atoms with Crippen LogP contribution in [0.2, 0.25) is 25.7 Å². The van der Waals surface area contributed by atoms with Gasteiger partial charge in [-0.25, -0.2) is 0 Å². The van der Waals surface area contributed by atoms with Gasteiger partial charge in [0.05, 0.1) is 6.61 Å². The zero-order chi connectivity index (χ0) is 12.9. The number of hydrogen-bond donors (Lipinski definition) is 0. The maximum Gasteiger partial charge on any atom is 0.324 e. The fraction of sp³-hybridized carbons (Fsp3) is 0.462. The number of carbonyl (C=O) groups is 1. The third-order valence-electron chi connectivity index (χ3n) is 2.40. The van der Waals surface area contributed by atoms with Gasteiger partial charge in [0.25, 0.3) is 0 Å². The van der Waals surface area contributed by atoms with Crippen LogP contribution in [0.3, 0.4) is 0 Å². The van der Waals surface area contributed by atoms with Crippen LogP contribution in [0.1, 0.15) is 10.4 Å². The van der Waals surface area contributed by atoms with Crippen LogP contribution in [0, 0.1) is 0 Å². The van der Waals surface area contributed by atoms with Crippen molar-refractivity contribution < 1.29 is 9.53 Å². The molecule has 1 rings (SSSR count). The monoisotopic (exact) mass is 314 g/mol. The Morgan fingerprint density at radius 3 is 2.41 bits per heavy atom. The molecular formula is C13H19BrO2Si. The minimum absolute atomic E-state index is 0.200. The Morgan fingerprint density at radius 1 is 1.29 bits per heavy atom. The van der Waals surface area contributed by atoms with E-state index in [1.165, 1.54) is 0 Å². The molecule has 0 saturated carbocycles. The van der Waals surface area contributed by atoms with E-state index >= 15 is 0 Å². The van der Waals surface area contributed by atoms with Crippen LogP contribution in [-0.4, -0.2) is 20.7 Å². The molecule has 0 heterocycles. The van der Waals surface area contributed by atoms with E-state index in [-0.39, 0.29) is 10.8 Å². The molecule has 1 unspecified atom stereocenters. The van der Waals surface area contributed by atoms with Crippen LogP contribution >= 0.6 is 15.9 Å². The van der Waals surface area contributed by atoms with E-state index in [9.17, 15) is 4.79 Å². The Hall–Kier alpha value is -0.613. The van der Waals surface area contributed by atoms with Gasteiger partial charge in [-0.05, 0) is 11.6 Å². The molecule has 0 aliphatic carbocycles. The number of benzene rings is 1. The summed E-state index contributed by atoms with van der Waals surface area (Å²) in [6.45, 7) is 7.33.